The number of fused-ring (bicyclic) bond motifs is 1. The Labute approximate surface area is 118 Å². The first kappa shape index (κ1) is 12.9. The van der Waals surface area contributed by atoms with E-state index in [1.165, 1.54) is 0 Å². The van der Waals surface area contributed by atoms with Crippen LogP contribution >= 0.6 is 0 Å². The molecule has 0 fully saturated rings. The van der Waals surface area contributed by atoms with Gasteiger partial charge in [-0.3, -0.25) is 4.98 Å². The second-order valence-corrected chi connectivity index (χ2v) is 5.45. The van der Waals surface area contributed by atoms with Crippen molar-refractivity contribution in [2.75, 3.05) is 11.1 Å². The van der Waals surface area contributed by atoms with Crippen molar-refractivity contribution in [3.63, 3.8) is 0 Å². The number of nitrogens with one attached hydrogen (secondary N) is 1. The monoisotopic (exact) mass is 269 g/mol. The molecule has 2 aromatic rings. The molecule has 1 aromatic heterocycles. The number of aliphatic hydroxyl groups is 1. The minimum atomic E-state index is -0.739. The molecule has 0 saturated carbocycles. The molecule has 0 aliphatic heterocycles. The number of nitrogens with zero attached hydrogens (tertiary/aromatic N) is 1. The van der Waals surface area contributed by atoms with Gasteiger partial charge in [0, 0.05) is 5.39 Å². The van der Waals surface area contributed by atoms with E-state index in [-0.39, 0.29) is 6.04 Å². The van der Waals surface area contributed by atoms with Crippen LogP contribution in [0, 0.1) is 0 Å². The second-order valence-electron chi connectivity index (χ2n) is 5.45. The van der Waals surface area contributed by atoms with Crippen molar-refractivity contribution in [1.82, 2.24) is 4.98 Å². The molecule has 4 nitrogen and oxygen atoms in total. The topological polar surface area (TPSA) is 71.2 Å². The van der Waals surface area contributed by atoms with Crippen molar-refractivity contribution < 1.29 is 5.11 Å². The van der Waals surface area contributed by atoms with Gasteiger partial charge in [-0.05, 0) is 25.8 Å². The maximum Gasteiger partial charge on any atom is 0.0913 e. The first-order valence-electron chi connectivity index (χ1n) is 6.87. The molecule has 0 unspecified atom stereocenters. The van der Waals surface area contributed by atoms with Crippen LogP contribution < -0.4 is 11.1 Å². The van der Waals surface area contributed by atoms with Crippen molar-refractivity contribution in [2.45, 2.75) is 31.4 Å². The quantitative estimate of drug-likeness (QED) is 0.749. The molecule has 0 amide bonds. The zero-order valence-electron chi connectivity index (χ0n) is 11.5. The van der Waals surface area contributed by atoms with E-state index < -0.39 is 5.60 Å². The number of aromatic nitrogens is 1. The van der Waals surface area contributed by atoms with Crippen molar-refractivity contribution in [1.29, 1.82) is 0 Å². The van der Waals surface area contributed by atoms with Gasteiger partial charge in [-0.25, -0.2) is 0 Å². The molecule has 0 saturated heterocycles. The molecule has 20 heavy (non-hydrogen) atoms. The summed E-state index contributed by atoms with van der Waals surface area (Å²) < 4.78 is 0. The predicted molar refractivity (Wildman–Crippen MR) is 82.6 cm³/mol. The summed E-state index contributed by atoms with van der Waals surface area (Å²) in [6, 6.07) is 7.77. The van der Waals surface area contributed by atoms with Gasteiger partial charge in [0.15, 0.2) is 0 Å². The maximum absolute atomic E-state index is 10.6. The van der Waals surface area contributed by atoms with Gasteiger partial charge in [-0.1, -0.05) is 30.4 Å². The highest BCUT2D eigenvalue weighted by molar-refractivity contribution is 5.97. The lowest BCUT2D eigenvalue weighted by Crippen LogP contribution is -2.43. The van der Waals surface area contributed by atoms with E-state index in [1.807, 2.05) is 43.3 Å². The average molecular weight is 269 g/mol. The number of hydrogen-bond acceptors (Lipinski definition) is 4. The van der Waals surface area contributed by atoms with Crippen LogP contribution in [-0.4, -0.2) is 21.7 Å². The van der Waals surface area contributed by atoms with Crippen LogP contribution in [0.5, 0.6) is 0 Å². The van der Waals surface area contributed by atoms with Gasteiger partial charge in [0.25, 0.3) is 0 Å². The Bertz CT molecular complexity index is 658. The normalized spacial score (nSPS) is 18.3. The molecule has 0 spiro atoms. The molecule has 104 valence electrons. The number of pyridine rings is 1. The van der Waals surface area contributed by atoms with Gasteiger partial charge in [0.05, 0.1) is 34.7 Å². The summed E-state index contributed by atoms with van der Waals surface area (Å²) in [5.41, 5.74) is 7.66. The first-order valence-corrected chi connectivity index (χ1v) is 6.87. The third-order valence-corrected chi connectivity index (χ3v) is 4.08. The van der Waals surface area contributed by atoms with Gasteiger partial charge in [-0.15, -0.1) is 0 Å². The standard InChI is InChI=1S/C16H19N3O/c1-11(16(20)8-4-5-9-16)19-15-12-6-2-3-7-14(12)18-10-13(15)17/h2-7,10-11,20H,8-9,17H2,1H3,(H,18,19)/t11-/m1/s1. The Kier molecular flexibility index (Phi) is 3.10. The number of nitrogens with two attached hydrogens (primary N) is 1. The molecule has 4 N–H and O–H groups in total. The fraction of sp³-hybridized carbons (Fsp3) is 0.312. The number of benzene rings is 1. The number of para-hydroxylation sites is 1. The van der Waals surface area contributed by atoms with Crippen molar-refractivity contribution >= 4 is 22.3 Å². The van der Waals surface area contributed by atoms with Crippen LogP contribution in [0.25, 0.3) is 10.9 Å². The van der Waals surface area contributed by atoms with Crippen LogP contribution in [0.2, 0.25) is 0 Å². The SMILES string of the molecule is C[C@@H](Nc1c(N)cnc2ccccc12)C1(O)CC=CC1. The van der Waals surface area contributed by atoms with Crippen molar-refractivity contribution in [2.24, 2.45) is 0 Å². The second kappa shape index (κ2) is 4.80. The maximum atomic E-state index is 10.6. The molecule has 4 heteroatoms. The molecule has 1 heterocycles. The summed E-state index contributed by atoms with van der Waals surface area (Å²) in [7, 11) is 0. The molecule has 1 aromatic carbocycles. The highest BCUT2D eigenvalue weighted by Crippen LogP contribution is 2.33. The summed E-state index contributed by atoms with van der Waals surface area (Å²) in [4.78, 5) is 4.32. The molecule has 1 aliphatic rings. The lowest BCUT2D eigenvalue weighted by atomic mass is 9.92. The van der Waals surface area contributed by atoms with E-state index in [0.717, 1.165) is 16.6 Å². The van der Waals surface area contributed by atoms with Crippen LogP contribution in [0.4, 0.5) is 11.4 Å². The van der Waals surface area contributed by atoms with Crippen molar-refractivity contribution in [3.05, 3.63) is 42.6 Å². The summed E-state index contributed by atoms with van der Waals surface area (Å²) in [5, 5.41) is 15.0. The Morgan fingerprint density at radius 3 is 2.75 bits per heavy atom. The fourth-order valence-electron chi connectivity index (χ4n) is 2.68. The number of nitrogen functional groups attached to an aromatic ring is 1. The third kappa shape index (κ3) is 2.12. The highest BCUT2D eigenvalue weighted by Gasteiger charge is 2.34. The molecule has 0 bridgehead atoms. The van der Waals surface area contributed by atoms with Gasteiger partial charge >= 0.3 is 0 Å². The Morgan fingerprint density at radius 2 is 2.00 bits per heavy atom. The lowest BCUT2D eigenvalue weighted by molar-refractivity contribution is 0.0391. The predicted octanol–water partition coefficient (Wildman–Crippen LogP) is 2.70. The van der Waals surface area contributed by atoms with E-state index in [2.05, 4.69) is 10.3 Å². The van der Waals surface area contributed by atoms with Gasteiger partial charge in [-0.2, -0.15) is 0 Å². The summed E-state index contributed by atoms with van der Waals surface area (Å²) >= 11 is 0. The first-order chi connectivity index (χ1) is 9.60. The third-order valence-electron chi connectivity index (χ3n) is 4.08. The molecule has 1 atom stereocenters. The van der Waals surface area contributed by atoms with Gasteiger partial charge < -0.3 is 16.2 Å². The number of hydrogen-bond donors (Lipinski definition) is 3. The van der Waals surface area contributed by atoms with Crippen molar-refractivity contribution in [3.8, 4) is 0 Å². The van der Waals surface area contributed by atoms with Gasteiger partial charge in [0.2, 0.25) is 0 Å². The lowest BCUT2D eigenvalue weighted by Gasteiger charge is -2.32. The van der Waals surface area contributed by atoms with Crippen LogP contribution in [0.3, 0.4) is 0 Å². The van der Waals surface area contributed by atoms with E-state index in [4.69, 9.17) is 5.73 Å². The number of rotatable bonds is 3. The van der Waals surface area contributed by atoms with E-state index in [1.54, 1.807) is 6.20 Å². The summed E-state index contributed by atoms with van der Waals surface area (Å²) in [5.74, 6) is 0. The highest BCUT2D eigenvalue weighted by atomic mass is 16.3. The summed E-state index contributed by atoms with van der Waals surface area (Å²) in [6.45, 7) is 1.99. The zero-order valence-corrected chi connectivity index (χ0v) is 11.5. The number of anilines is 2. The molecule has 3 rings (SSSR count). The minimum absolute atomic E-state index is 0.0920. The van der Waals surface area contributed by atoms with Gasteiger partial charge in [0.1, 0.15) is 0 Å². The van der Waals surface area contributed by atoms with Crippen LogP contribution in [-0.2, 0) is 0 Å². The molecule has 1 aliphatic carbocycles. The largest absolute Gasteiger partial charge is 0.396 e. The zero-order chi connectivity index (χ0) is 14.2. The van der Waals surface area contributed by atoms with Crippen LogP contribution in [0.15, 0.2) is 42.6 Å². The minimum Gasteiger partial charge on any atom is -0.396 e. The molecular formula is C16H19N3O. The summed E-state index contributed by atoms with van der Waals surface area (Å²) in [6.07, 6.45) is 7.04. The van der Waals surface area contributed by atoms with Crippen LogP contribution in [0.1, 0.15) is 19.8 Å². The van der Waals surface area contributed by atoms with E-state index in [0.29, 0.717) is 18.5 Å². The fourth-order valence-corrected chi connectivity index (χ4v) is 2.68. The molecule has 0 radical (unpaired) electrons. The molecular weight excluding hydrogens is 250 g/mol. The smallest absolute Gasteiger partial charge is 0.0913 e. The average Bonchev–Trinajstić information content (AvgIpc) is 2.90. The Hall–Kier alpha value is -2.07. The van der Waals surface area contributed by atoms with E-state index in [9.17, 15) is 5.11 Å². The Morgan fingerprint density at radius 1 is 1.30 bits per heavy atom. The van der Waals surface area contributed by atoms with E-state index >= 15 is 0 Å². The Balaban J connectivity index is 1.96.